The van der Waals surface area contributed by atoms with Gasteiger partial charge in [-0.05, 0) is 74.8 Å². The summed E-state index contributed by atoms with van der Waals surface area (Å²) >= 11 is 0. The van der Waals surface area contributed by atoms with Gasteiger partial charge in [-0.3, -0.25) is 49.2 Å². The smallest absolute Gasteiger partial charge is 0.342 e. The molecular weight excluding hydrogens is 873 g/mol. The first-order valence-corrected chi connectivity index (χ1v) is 22.9. The van der Waals surface area contributed by atoms with Crippen molar-refractivity contribution in [3.8, 4) is 5.75 Å². The number of hydrogen-bond acceptors (Lipinski definition) is 14. The van der Waals surface area contributed by atoms with Crippen LogP contribution in [0, 0.1) is 5.92 Å². The van der Waals surface area contributed by atoms with Crippen LogP contribution in [0.2, 0.25) is 0 Å². The third-order valence-electron chi connectivity index (χ3n) is 13.9. The number of carbonyl (C=O) groups excluding carboxylic acids is 7. The van der Waals surface area contributed by atoms with Crippen LogP contribution in [-0.4, -0.2) is 144 Å². The number of ether oxygens (including phenoxy) is 1. The maximum Gasteiger partial charge on any atom is 0.342 e. The molecule has 0 bridgehead atoms. The zero-order valence-electron chi connectivity index (χ0n) is 37.4. The van der Waals surface area contributed by atoms with Crippen LogP contribution in [0.1, 0.15) is 95.3 Å². The van der Waals surface area contributed by atoms with Gasteiger partial charge in [0.2, 0.25) is 23.7 Å². The number of aromatic nitrogens is 2. The van der Waals surface area contributed by atoms with Crippen LogP contribution in [0.5, 0.6) is 5.75 Å². The third kappa shape index (κ3) is 8.95. The average Bonchev–Trinajstić information content (AvgIpc) is 3.94. The molecule has 0 spiro atoms. The summed E-state index contributed by atoms with van der Waals surface area (Å²) in [5.41, 5.74) is 5.03. The maximum atomic E-state index is 15.1. The second kappa shape index (κ2) is 18.5. The lowest BCUT2D eigenvalue weighted by molar-refractivity contribution is -0.140. The molecule has 4 fully saturated rings. The summed E-state index contributed by atoms with van der Waals surface area (Å²) in [6.45, 7) is 2.22. The largest absolute Gasteiger partial charge is 0.495 e. The Morgan fingerprint density at radius 3 is 2.37 bits per heavy atom. The van der Waals surface area contributed by atoms with Gasteiger partial charge in [-0.2, -0.15) is 13.8 Å². The van der Waals surface area contributed by atoms with E-state index in [2.05, 4.69) is 30.9 Å². The number of anilines is 5. The number of hydrogen-bond donors (Lipinski definition) is 3. The number of halogens is 2. The number of benzene rings is 2. The van der Waals surface area contributed by atoms with Crippen LogP contribution in [0.25, 0.3) is 0 Å². The van der Waals surface area contributed by atoms with Crippen molar-refractivity contribution in [3.05, 3.63) is 59.3 Å². The fraction of sp³-hybridized carbons (Fsp3) is 0.500. The minimum atomic E-state index is -3.60. The molecular formula is C46H53F2N11O8. The van der Waals surface area contributed by atoms with Crippen LogP contribution in [0.4, 0.5) is 37.6 Å². The lowest BCUT2D eigenvalue weighted by Crippen LogP contribution is -2.54. The molecule has 3 N–H and O–H groups in total. The SMILES string of the molecule is COc1cc(C(=O)NN2CCN(C(=O)CCC3CCN(c4cccc5c4C(=O)N(C4CCC(=O)NC4=O)C5=O)CC3)CC2)ccc1Nc1ncc2c(n1)N(C1CCCC1)CC(F)(F)C(=O)N2C. The average molecular weight is 926 g/mol. The summed E-state index contributed by atoms with van der Waals surface area (Å²) in [6.07, 6.45) is 7.39. The van der Waals surface area contributed by atoms with E-state index < -0.39 is 48.0 Å². The molecule has 21 heteroatoms. The minimum Gasteiger partial charge on any atom is -0.495 e. The molecule has 3 saturated heterocycles. The van der Waals surface area contributed by atoms with E-state index in [-0.39, 0.29) is 59.3 Å². The van der Waals surface area contributed by atoms with Gasteiger partial charge in [-0.15, -0.1) is 0 Å². The van der Waals surface area contributed by atoms with Gasteiger partial charge >= 0.3 is 5.92 Å². The van der Waals surface area contributed by atoms with Crippen LogP contribution < -0.4 is 35.5 Å². The molecule has 1 aromatic heterocycles. The van der Waals surface area contributed by atoms with Gasteiger partial charge in [0.15, 0.2) is 5.82 Å². The Balaban J connectivity index is 0.745. The first-order chi connectivity index (χ1) is 32.2. The second-order valence-corrected chi connectivity index (χ2v) is 18.0. The third-order valence-corrected chi connectivity index (χ3v) is 13.9. The monoisotopic (exact) mass is 925 g/mol. The standard InChI is InChI=1S/C46H53F2N11O8/c1-54-34-25-49-45(52-39(34)58(29-6-3-4-7-29)26-46(47,48)44(54)66)50-31-12-11-28(24-35(31)67-2)40(62)53-57-22-20-56(21-23-57)37(61)15-10-27-16-18-55(19-17-27)32-9-5-8-30-38(32)43(65)59(42(30)64)33-13-14-36(60)51-41(33)63/h5,8-9,11-12,24-25,27,29,33H,3-4,6-7,10,13-23,26H2,1-2H3,(H,53,62)(H,49,50,52)(H,51,60,63). The van der Waals surface area contributed by atoms with Gasteiger partial charge in [0, 0.05) is 70.8 Å². The summed E-state index contributed by atoms with van der Waals surface area (Å²) in [6, 6.07) is 8.72. The fourth-order valence-electron chi connectivity index (χ4n) is 10.1. The van der Waals surface area contributed by atoms with Crippen LogP contribution in [0.3, 0.4) is 0 Å². The first-order valence-electron chi connectivity index (χ1n) is 22.9. The van der Waals surface area contributed by atoms with Crippen molar-refractivity contribution in [1.82, 2.24) is 35.5 Å². The predicted octanol–water partition coefficient (Wildman–Crippen LogP) is 3.48. The van der Waals surface area contributed by atoms with Gasteiger partial charge in [0.1, 0.15) is 17.5 Å². The summed E-state index contributed by atoms with van der Waals surface area (Å²) in [5.74, 6) is -6.44. The Labute approximate surface area is 385 Å². The zero-order chi connectivity index (χ0) is 47.1. The number of hydrazine groups is 1. The molecule has 2 aromatic carbocycles. The topological polar surface area (TPSA) is 210 Å². The molecule has 6 aliphatic rings. The molecule has 1 saturated carbocycles. The van der Waals surface area contributed by atoms with Crippen LogP contribution >= 0.6 is 0 Å². The normalized spacial score (nSPS) is 21.6. The lowest BCUT2D eigenvalue weighted by atomic mass is 9.91. The fourth-order valence-corrected chi connectivity index (χ4v) is 10.1. The van der Waals surface area contributed by atoms with Crippen molar-refractivity contribution < 1.29 is 47.1 Å². The van der Waals surface area contributed by atoms with Crippen molar-refractivity contribution in [2.24, 2.45) is 5.92 Å². The summed E-state index contributed by atoms with van der Waals surface area (Å²) < 4.78 is 35.7. The molecule has 19 nitrogen and oxygen atoms in total. The molecule has 1 atom stereocenters. The lowest BCUT2D eigenvalue weighted by Gasteiger charge is -2.36. The van der Waals surface area contributed by atoms with Gasteiger partial charge in [-0.1, -0.05) is 18.9 Å². The number of amides is 7. The number of piperidine rings is 2. The number of alkyl halides is 2. The molecule has 9 rings (SSSR count). The quantitative estimate of drug-likeness (QED) is 0.236. The number of rotatable bonds is 11. The maximum absolute atomic E-state index is 15.1. The number of carbonyl (C=O) groups is 7. The molecule has 354 valence electrons. The Bertz CT molecular complexity index is 2500. The summed E-state index contributed by atoms with van der Waals surface area (Å²) in [5, 5.41) is 7.09. The number of nitrogens with zero attached hydrogens (tertiary/aromatic N) is 8. The minimum absolute atomic E-state index is 0.0444. The molecule has 1 unspecified atom stereocenters. The van der Waals surface area contributed by atoms with Crippen molar-refractivity contribution >= 4 is 70.2 Å². The Morgan fingerprint density at radius 2 is 1.66 bits per heavy atom. The second-order valence-electron chi connectivity index (χ2n) is 18.0. The van der Waals surface area contributed by atoms with Gasteiger partial charge < -0.3 is 29.7 Å². The number of fused-ring (bicyclic) bond motifs is 2. The molecule has 67 heavy (non-hydrogen) atoms. The zero-order valence-corrected chi connectivity index (χ0v) is 37.4. The van der Waals surface area contributed by atoms with E-state index in [4.69, 9.17) is 4.74 Å². The van der Waals surface area contributed by atoms with Gasteiger partial charge in [0.25, 0.3) is 23.6 Å². The molecule has 0 radical (unpaired) electrons. The first kappa shape index (κ1) is 45.4. The Hall–Kier alpha value is -6.77. The molecule has 5 aliphatic heterocycles. The predicted molar refractivity (Wildman–Crippen MR) is 239 cm³/mol. The Morgan fingerprint density at radius 1 is 0.910 bits per heavy atom. The number of imide groups is 2. The van der Waals surface area contributed by atoms with E-state index in [0.717, 1.165) is 35.5 Å². The van der Waals surface area contributed by atoms with Crippen molar-refractivity contribution in [1.29, 1.82) is 0 Å². The van der Waals surface area contributed by atoms with Crippen molar-refractivity contribution in [2.45, 2.75) is 82.2 Å². The molecule has 3 aromatic rings. The van der Waals surface area contributed by atoms with E-state index in [9.17, 15) is 33.6 Å². The molecule has 7 amide bonds. The highest BCUT2D eigenvalue weighted by Crippen LogP contribution is 2.41. The number of piperazine rings is 1. The van der Waals surface area contributed by atoms with Crippen LogP contribution in [-0.2, 0) is 19.2 Å². The van der Waals surface area contributed by atoms with Crippen molar-refractivity contribution in [2.75, 3.05) is 80.0 Å². The molecule has 6 heterocycles. The van der Waals surface area contributed by atoms with E-state index in [0.29, 0.717) is 93.6 Å². The van der Waals surface area contributed by atoms with E-state index in [1.54, 1.807) is 35.3 Å². The molecule has 1 aliphatic carbocycles. The van der Waals surface area contributed by atoms with Crippen LogP contribution in [0.15, 0.2) is 42.6 Å². The number of nitrogens with one attached hydrogen (secondary N) is 3. The van der Waals surface area contributed by atoms with E-state index in [1.165, 1.54) is 25.3 Å². The highest BCUT2D eigenvalue weighted by molar-refractivity contribution is 6.25. The van der Waals surface area contributed by atoms with Gasteiger partial charge in [-0.25, -0.2) is 9.99 Å². The van der Waals surface area contributed by atoms with E-state index in [1.807, 2.05) is 11.0 Å². The van der Waals surface area contributed by atoms with E-state index >= 15 is 8.78 Å². The van der Waals surface area contributed by atoms with Crippen molar-refractivity contribution in [3.63, 3.8) is 0 Å². The summed E-state index contributed by atoms with van der Waals surface area (Å²) in [7, 11) is 2.75. The highest BCUT2D eigenvalue weighted by atomic mass is 19.3. The Kier molecular flexibility index (Phi) is 12.5. The van der Waals surface area contributed by atoms with Gasteiger partial charge in [0.05, 0.1) is 42.4 Å². The highest BCUT2D eigenvalue weighted by Gasteiger charge is 2.49. The number of methoxy groups -OCH3 is 1. The summed E-state index contributed by atoms with van der Waals surface area (Å²) in [4.78, 5) is 107.